The molecule has 0 fully saturated rings. The molecule has 1 aliphatic heterocycles. The highest BCUT2D eigenvalue weighted by Gasteiger charge is 2.34. The lowest BCUT2D eigenvalue weighted by Crippen LogP contribution is -2.40. The summed E-state index contributed by atoms with van der Waals surface area (Å²) in [4.78, 5) is 34.0. The largest absolute Gasteiger partial charge is 0.463 e. The number of nitrogens with zero attached hydrogens (tertiary/aromatic N) is 3. The SMILES string of the molecule is CCOC(=O)C1=C(C)N=c2s/c(=C/c3ccc(N(CC)CC)cc3)c(=O)n2[C@H]1c1ccccc1Cl. The highest BCUT2D eigenvalue weighted by Crippen LogP contribution is 2.34. The third-order valence-corrected chi connectivity index (χ3v) is 7.36. The maximum Gasteiger partial charge on any atom is 0.338 e. The summed E-state index contributed by atoms with van der Waals surface area (Å²) in [7, 11) is 0. The van der Waals surface area contributed by atoms with Crippen LogP contribution in [0.2, 0.25) is 5.02 Å². The number of carbonyl (C=O) groups excluding carboxylic acids is 1. The second-order valence-electron chi connectivity index (χ2n) is 8.09. The van der Waals surface area contributed by atoms with E-state index in [1.807, 2.05) is 36.4 Å². The molecule has 0 unspecified atom stereocenters. The molecule has 182 valence electrons. The molecule has 1 aliphatic rings. The number of thiazole rings is 1. The van der Waals surface area contributed by atoms with Crippen molar-refractivity contribution in [1.29, 1.82) is 0 Å². The second-order valence-corrected chi connectivity index (χ2v) is 9.50. The molecule has 0 amide bonds. The number of ether oxygens (including phenoxy) is 1. The number of hydrogen-bond donors (Lipinski definition) is 0. The minimum Gasteiger partial charge on any atom is -0.463 e. The maximum absolute atomic E-state index is 13.7. The summed E-state index contributed by atoms with van der Waals surface area (Å²) in [6, 6.07) is 14.7. The first-order chi connectivity index (χ1) is 16.9. The predicted molar refractivity (Wildman–Crippen MR) is 142 cm³/mol. The lowest BCUT2D eigenvalue weighted by atomic mass is 9.96. The van der Waals surface area contributed by atoms with E-state index in [9.17, 15) is 9.59 Å². The standard InChI is InChI=1S/C27H28ClN3O3S/c1-5-30(6-2)19-14-12-18(13-15-19)16-22-25(32)31-24(20-10-8-9-11-21(20)28)23(26(33)34-7-3)17(4)29-27(31)35-22/h8-16,24H,5-7H2,1-4H3/b22-16+/t24-/m0/s1. The van der Waals surface area contributed by atoms with Gasteiger partial charge in [-0.3, -0.25) is 9.36 Å². The zero-order chi connectivity index (χ0) is 25.1. The average Bonchev–Trinajstić information content (AvgIpc) is 3.15. The fourth-order valence-electron chi connectivity index (χ4n) is 4.30. The number of esters is 1. The van der Waals surface area contributed by atoms with Crippen LogP contribution < -0.4 is 19.8 Å². The molecule has 2 aromatic carbocycles. The Morgan fingerprint density at radius 2 is 1.83 bits per heavy atom. The molecule has 3 aromatic rings. The van der Waals surface area contributed by atoms with Gasteiger partial charge in [0, 0.05) is 23.8 Å². The van der Waals surface area contributed by atoms with Crippen LogP contribution in [0.1, 0.15) is 44.9 Å². The van der Waals surface area contributed by atoms with Crippen molar-refractivity contribution in [3.63, 3.8) is 0 Å². The quantitative estimate of drug-likeness (QED) is 0.445. The summed E-state index contributed by atoms with van der Waals surface area (Å²) in [5, 5.41) is 0.468. The Morgan fingerprint density at radius 1 is 1.14 bits per heavy atom. The number of rotatable bonds is 7. The van der Waals surface area contributed by atoms with Gasteiger partial charge in [-0.25, -0.2) is 9.79 Å². The Morgan fingerprint density at radius 3 is 2.46 bits per heavy atom. The normalized spacial score (nSPS) is 15.6. The number of halogens is 1. The molecule has 8 heteroatoms. The van der Waals surface area contributed by atoms with Crippen LogP contribution >= 0.6 is 22.9 Å². The number of hydrogen-bond acceptors (Lipinski definition) is 6. The predicted octanol–water partition coefficient (Wildman–Crippen LogP) is 4.30. The van der Waals surface area contributed by atoms with E-state index in [1.54, 1.807) is 24.5 Å². The van der Waals surface area contributed by atoms with Gasteiger partial charge in [0.15, 0.2) is 4.80 Å². The summed E-state index contributed by atoms with van der Waals surface area (Å²) in [6.07, 6.45) is 1.86. The molecule has 0 bridgehead atoms. The molecule has 4 rings (SSSR count). The van der Waals surface area contributed by atoms with Gasteiger partial charge in [-0.15, -0.1) is 0 Å². The number of benzene rings is 2. The fraction of sp³-hybridized carbons (Fsp3) is 0.296. The molecule has 0 saturated carbocycles. The Kier molecular flexibility index (Phi) is 7.57. The number of aromatic nitrogens is 1. The molecule has 1 aromatic heterocycles. The van der Waals surface area contributed by atoms with E-state index >= 15 is 0 Å². The van der Waals surface area contributed by atoms with E-state index in [0.29, 0.717) is 31.2 Å². The first-order valence-electron chi connectivity index (χ1n) is 11.7. The smallest absolute Gasteiger partial charge is 0.338 e. The van der Waals surface area contributed by atoms with Crippen molar-refractivity contribution in [1.82, 2.24) is 4.57 Å². The van der Waals surface area contributed by atoms with E-state index in [1.165, 1.54) is 11.3 Å². The van der Waals surface area contributed by atoms with Gasteiger partial charge in [0.05, 0.1) is 22.4 Å². The van der Waals surface area contributed by atoms with Gasteiger partial charge in [0.1, 0.15) is 6.04 Å². The van der Waals surface area contributed by atoms with Gasteiger partial charge in [0.2, 0.25) is 0 Å². The number of carbonyl (C=O) groups is 1. The molecule has 0 radical (unpaired) electrons. The van der Waals surface area contributed by atoms with Crippen LogP contribution in [0.5, 0.6) is 0 Å². The van der Waals surface area contributed by atoms with Crippen LogP contribution in [0.25, 0.3) is 6.08 Å². The molecule has 35 heavy (non-hydrogen) atoms. The zero-order valence-electron chi connectivity index (χ0n) is 20.2. The summed E-state index contributed by atoms with van der Waals surface area (Å²) in [5.74, 6) is -0.500. The Bertz CT molecular complexity index is 1450. The van der Waals surface area contributed by atoms with Crippen molar-refractivity contribution in [2.24, 2.45) is 4.99 Å². The third-order valence-electron chi connectivity index (χ3n) is 6.04. The van der Waals surface area contributed by atoms with Crippen LogP contribution in [0.15, 0.2) is 69.6 Å². The molecule has 1 atom stereocenters. The van der Waals surface area contributed by atoms with Gasteiger partial charge in [-0.1, -0.05) is 53.3 Å². The molecule has 0 saturated heterocycles. The molecule has 0 aliphatic carbocycles. The monoisotopic (exact) mass is 509 g/mol. The van der Waals surface area contributed by atoms with E-state index < -0.39 is 12.0 Å². The Balaban J connectivity index is 1.87. The molecule has 0 spiro atoms. The third kappa shape index (κ3) is 4.83. The van der Waals surface area contributed by atoms with Crippen LogP contribution in [0.3, 0.4) is 0 Å². The summed E-state index contributed by atoms with van der Waals surface area (Å²) in [6.45, 7) is 9.84. The summed E-state index contributed by atoms with van der Waals surface area (Å²) >= 11 is 7.84. The van der Waals surface area contributed by atoms with Gasteiger partial charge in [-0.05, 0) is 63.1 Å². The van der Waals surface area contributed by atoms with Crippen molar-refractivity contribution in [3.05, 3.63) is 95.6 Å². The molecular weight excluding hydrogens is 482 g/mol. The number of anilines is 1. The summed E-state index contributed by atoms with van der Waals surface area (Å²) in [5.41, 5.74) is 3.33. The molecule has 6 nitrogen and oxygen atoms in total. The van der Waals surface area contributed by atoms with Crippen molar-refractivity contribution in [3.8, 4) is 0 Å². The van der Waals surface area contributed by atoms with Crippen LogP contribution in [-0.4, -0.2) is 30.2 Å². The van der Waals surface area contributed by atoms with Crippen molar-refractivity contribution in [2.45, 2.75) is 33.7 Å². The Labute approximate surface area is 213 Å². The molecular formula is C27H28ClN3O3S. The number of fused-ring (bicyclic) bond motifs is 1. The van der Waals surface area contributed by atoms with Crippen LogP contribution in [-0.2, 0) is 9.53 Å². The number of allylic oxidation sites excluding steroid dienone is 1. The van der Waals surface area contributed by atoms with Crippen LogP contribution in [0.4, 0.5) is 5.69 Å². The molecule has 0 N–H and O–H groups in total. The van der Waals surface area contributed by atoms with E-state index in [0.717, 1.165) is 24.3 Å². The minimum absolute atomic E-state index is 0.221. The van der Waals surface area contributed by atoms with Crippen molar-refractivity contribution >= 4 is 40.7 Å². The van der Waals surface area contributed by atoms with Crippen molar-refractivity contribution < 1.29 is 9.53 Å². The lowest BCUT2D eigenvalue weighted by Gasteiger charge is -2.25. The highest BCUT2D eigenvalue weighted by molar-refractivity contribution is 7.07. The van der Waals surface area contributed by atoms with Gasteiger partial charge in [-0.2, -0.15) is 0 Å². The van der Waals surface area contributed by atoms with Crippen LogP contribution in [0, 0.1) is 0 Å². The fourth-order valence-corrected chi connectivity index (χ4v) is 5.59. The maximum atomic E-state index is 13.7. The van der Waals surface area contributed by atoms with E-state index in [-0.39, 0.29) is 12.2 Å². The molecule has 2 heterocycles. The highest BCUT2D eigenvalue weighted by atomic mass is 35.5. The van der Waals surface area contributed by atoms with Crippen molar-refractivity contribution in [2.75, 3.05) is 24.6 Å². The van der Waals surface area contributed by atoms with E-state index in [2.05, 4.69) is 35.9 Å². The van der Waals surface area contributed by atoms with Gasteiger partial charge in [0.25, 0.3) is 5.56 Å². The first kappa shape index (κ1) is 24.9. The first-order valence-corrected chi connectivity index (χ1v) is 12.9. The lowest BCUT2D eigenvalue weighted by molar-refractivity contribution is -0.139. The summed E-state index contributed by atoms with van der Waals surface area (Å²) < 4.78 is 7.42. The van der Waals surface area contributed by atoms with Gasteiger partial charge < -0.3 is 9.64 Å². The van der Waals surface area contributed by atoms with Gasteiger partial charge >= 0.3 is 5.97 Å². The topological polar surface area (TPSA) is 63.9 Å². The second kappa shape index (κ2) is 10.6. The van der Waals surface area contributed by atoms with E-state index in [4.69, 9.17) is 16.3 Å². The Hall–Kier alpha value is -3.16. The zero-order valence-corrected chi connectivity index (χ0v) is 21.8. The minimum atomic E-state index is -0.716. The average molecular weight is 510 g/mol.